The van der Waals surface area contributed by atoms with E-state index >= 15 is 0 Å². The van der Waals surface area contributed by atoms with Gasteiger partial charge in [-0.15, -0.1) is 0 Å². The zero-order valence-corrected chi connectivity index (χ0v) is 11.0. The van der Waals surface area contributed by atoms with E-state index in [1.165, 1.54) is 0 Å². The number of hydrogen-bond acceptors (Lipinski definition) is 4. The van der Waals surface area contributed by atoms with Gasteiger partial charge in [-0.05, 0) is 19.8 Å². The molecule has 0 aromatic rings. The van der Waals surface area contributed by atoms with Crippen molar-refractivity contribution in [1.29, 1.82) is 0 Å². The highest BCUT2D eigenvalue weighted by atomic mass is 16.5. The van der Waals surface area contributed by atoms with Crippen molar-refractivity contribution < 1.29 is 14.3 Å². The van der Waals surface area contributed by atoms with Gasteiger partial charge in [0.25, 0.3) is 0 Å². The summed E-state index contributed by atoms with van der Waals surface area (Å²) in [4.78, 5) is 22.6. The van der Waals surface area contributed by atoms with Gasteiger partial charge in [0.05, 0.1) is 6.04 Å². The molecular formula is C11H23N3O3. The molecule has 17 heavy (non-hydrogen) atoms. The number of nitrogens with one attached hydrogen (secondary N) is 3. The van der Waals surface area contributed by atoms with E-state index in [4.69, 9.17) is 4.74 Å². The summed E-state index contributed by atoms with van der Waals surface area (Å²) < 4.78 is 4.99. The second kappa shape index (κ2) is 8.95. The van der Waals surface area contributed by atoms with Crippen LogP contribution < -0.4 is 16.0 Å². The van der Waals surface area contributed by atoms with Crippen LogP contribution >= 0.6 is 0 Å². The first-order valence-corrected chi connectivity index (χ1v) is 5.82. The zero-order valence-electron chi connectivity index (χ0n) is 11.0. The molecule has 0 aromatic carbocycles. The number of urea groups is 1. The summed E-state index contributed by atoms with van der Waals surface area (Å²) in [5, 5.41) is 7.79. The Kier molecular flexibility index (Phi) is 8.35. The lowest BCUT2D eigenvalue weighted by Gasteiger charge is -2.16. The molecule has 0 spiro atoms. The summed E-state index contributed by atoms with van der Waals surface area (Å²) >= 11 is 0. The fourth-order valence-electron chi connectivity index (χ4n) is 1.24. The van der Waals surface area contributed by atoms with Crippen LogP contribution in [0.25, 0.3) is 0 Å². The molecular weight excluding hydrogens is 222 g/mol. The minimum absolute atomic E-state index is 0.319. The van der Waals surface area contributed by atoms with Crippen molar-refractivity contribution in [3.8, 4) is 0 Å². The SMILES string of the molecule is CCNC(=O)NC(=O)C(C)NCC(C)COC. The molecule has 0 rings (SSSR count). The van der Waals surface area contributed by atoms with E-state index in [0.29, 0.717) is 25.6 Å². The smallest absolute Gasteiger partial charge is 0.321 e. The number of imide groups is 1. The number of carbonyl (C=O) groups is 2. The largest absolute Gasteiger partial charge is 0.384 e. The molecule has 0 heterocycles. The van der Waals surface area contributed by atoms with E-state index in [0.717, 1.165) is 0 Å². The molecule has 3 N–H and O–H groups in total. The first-order valence-electron chi connectivity index (χ1n) is 5.82. The topological polar surface area (TPSA) is 79.5 Å². The van der Waals surface area contributed by atoms with Crippen molar-refractivity contribution >= 4 is 11.9 Å². The van der Waals surface area contributed by atoms with Crippen LogP contribution in [-0.2, 0) is 9.53 Å². The first-order chi connectivity index (χ1) is 8.01. The highest BCUT2D eigenvalue weighted by molar-refractivity contribution is 5.96. The summed E-state index contributed by atoms with van der Waals surface area (Å²) in [6.07, 6.45) is 0. The maximum Gasteiger partial charge on any atom is 0.321 e. The van der Waals surface area contributed by atoms with Gasteiger partial charge in [0.1, 0.15) is 0 Å². The van der Waals surface area contributed by atoms with Crippen molar-refractivity contribution in [2.24, 2.45) is 5.92 Å². The van der Waals surface area contributed by atoms with Crippen LogP contribution in [0.4, 0.5) is 4.79 Å². The summed E-state index contributed by atoms with van der Waals surface area (Å²) in [6, 6.07) is -0.868. The fraction of sp³-hybridized carbons (Fsp3) is 0.818. The molecule has 0 aliphatic rings. The average molecular weight is 245 g/mol. The number of amides is 3. The number of hydrogen-bond donors (Lipinski definition) is 3. The maximum atomic E-state index is 11.5. The van der Waals surface area contributed by atoms with Crippen LogP contribution in [-0.4, -0.2) is 44.8 Å². The fourth-order valence-corrected chi connectivity index (χ4v) is 1.24. The van der Waals surface area contributed by atoms with Gasteiger partial charge in [-0.2, -0.15) is 0 Å². The third-order valence-electron chi connectivity index (χ3n) is 2.19. The number of rotatable bonds is 7. The molecule has 0 aliphatic heterocycles. The normalized spacial score (nSPS) is 13.9. The Bertz CT molecular complexity index is 246. The van der Waals surface area contributed by atoms with Crippen molar-refractivity contribution in [1.82, 2.24) is 16.0 Å². The molecule has 0 saturated carbocycles. The van der Waals surface area contributed by atoms with Gasteiger partial charge in [-0.3, -0.25) is 10.1 Å². The predicted molar refractivity (Wildman–Crippen MR) is 65.7 cm³/mol. The third kappa shape index (κ3) is 7.70. The highest BCUT2D eigenvalue weighted by Crippen LogP contribution is 1.93. The monoisotopic (exact) mass is 245 g/mol. The summed E-state index contributed by atoms with van der Waals surface area (Å²) in [5.41, 5.74) is 0. The van der Waals surface area contributed by atoms with Crippen molar-refractivity contribution in [3.05, 3.63) is 0 Å². The first kappa shape index (κ1) is 15.9. The number of carbonyl (C=O) groups excluding carboxylic acids is 2. The van der Waals surface area contributed by atoms with Gasteiger partial charge in [0.15, 0.2) is 0 Å². The zero-order chi connectivity index (χ0) is 13.3. The highest BCUT2D eigenvalue weighted by Gasteiger charge is 2.15. The average Bonchev–Trinajstić information content (AvgIpc) is 2.26. The van der Waals surface area contributed by atoms with Crippen molar-refractivity contribution in [2.45, 2.75) is 26.8 Å². The summed E-state index contributed by atoms with van der Waals surface area (Å²) in [7, 11) is 1.64. The molecule has 2 atom stereocenters. The van der Waals surface area contributed by atoms with E-state index in [9.17, 15) is 9.59 Å². The summed E-state index contributed by atoms with van der Waals surface area (Å²) in [5.74, 6) is -0.0136. The van der Waals surface area contributed by atoms with E-state index in [1.807, 2.05) is 6.92 Å². The molecule has 6 heteroatoms. The van der Waals surface area contributed by atoms with Gasteiger partial charge in [0, 0.05) is 26.8 Å². The van der Waals surface area contributed by atoms with Gasteiger partial charge in [-0.1, -0.05) is 6.92 Å². The number of ether oxygens (including phenoxy) is 1. The second-order valence-electron chi connectivity index (χ2n) is 4.04. The maximum absolute atomic E-state index is 11.5. The second-order valence-corrected chi connectivity index (χ2v) is 4.04. The van der Waals surface area contributed by atoms with Crippen LogP contribution in [0.2, 0.25) is 0 Å². The van der Waals surface area contributed by atoms with Crippen molar-refractivity contribution in [2.75, 3.05) is 26.8 Å². The molecule has 100 valence electrons. The lowest BCUT2D eigenvalue weighted by Crippen LogP contribution is -2.48. The minimum Gasteiger partial charge on any atom is -0.384 e. The number of methoxy groups -OCH3 is 1. The predicted octanol–water partition coefficient (Wildman–Crippen LogP) is 0.0927. The lowest BCUT2D eigenvalue weighted by atomic mass is 10.2. The van der Waals surface area contributed by atoms with E-state index in [-0.39, 0.29) is 5.91 Å². The van der Waals surface area contributed by atoms with Crippen LogP contribution in [0.15, 0.2) is 0 Å². The Morgan fingerprint density at radius 2 is 1.94 bits per heavy atom. The molecule has 3 amide bonds. The quantitative estimate of drug-likeness (QED) is 0.594. The van der Waals surface area contributed by atoms with Gasteiger partial charge >= 0.3 is 6.03 Å². The van der Waals surface area contributed by atoms with Gasteiger partial charge in [0.2, 0.25) is 5.91 Å². The Balaban J connectivity index is 3.85. The van der Waals surface area contributed by atoms with Crippen LogP contribution in [0, 0.1) is 5.92 Å². The van der Waals surface area contributed by atoms with E-state index < -0.39 is 12.1 Å². The lowest BCUT2D eigenvalue weighted by molar-refractivity contribution is -0.121. The standard InChI is InChI=1S/C11H23N3O3/c1-5-12-11(16)14-10(15)9(3)13-6-8(2)7-17-4/h8-9,13H,5-7H2,1-4H3,(H2,12,14,15,16). The van der Waals surface area contributed by atoms with Crippen LogP contribution in [0.5, 0.6) is 0 Å². The molecule has 0 fully saturated rings. The van der Waals surface area contributed by atoms with E-state index in [1.54, 1.807) is 21.0 Å². The summed E-state index contributed by atoms with van der Waals surface area (Å²) in [6.45, 7) is 7.32. The van der Waals surface area contributed by atoms with Gasteiger partial charge < -0.3 is 15.4 Å². The Morgan fingerprint density at radius 3 is 2.47 bits per heavy atom. The van der Waals surface area contributed by atoms with Gasteiger partial charge in [-0.25, -0.2) is 4.79 Å². The third-order valence-corrected chi connectivity index (χ3v) is 2.19. The molecule has 0 bridgehead atoms. The molecule has 0 aromatic heterocycles. The van der Waals surface area contributed by atoms with Crippen molar-refractivity contribution in [3.63, 3.8) is 0 Å². The van der Waals surface area contributed by atoms with E-state index in [2.05, 4.69) is 16.0 Å². The molecule has 2 unspecified atom stereocenters. The van der Waals surface area contributed by atoms with Crippen LogP contribution in [0.1, 0.15) is 20.8 Å². The molecule has 0 saturated heterocycles. The molecule has 0 aliphatic carbocycles. The Hall–Kier alpha value is -1.14. The Morgan fingerprint density at radius 1 is 1.29 bits per heavy atom. The molecule has 0 radical (unpaired) electrons. The molecule has 6 nitrogen and oxygen atoms in total. The Labute approximate surface area is 102 Å². The minimum atomic E-state index is -0.462. The van der Waals surface area contributed by atoms with Crippen LogP contribution in [0.3, 0.4) is 0 Å².